The molecular formula is C22H27FN4O4S. The Bertz CT molecular complexity index is 1090. The number of carbonyl (C=O) groups is 1. The highest BCUT2D eigenvalue weighted by Crippen LogP contribution is 2.30. The van der Waals surface area contributed by atoms with Crippen molar-refractivity contribution in [3.05, 3.63) is 42.0 Å². The van der Waals surface area contributed by atoms with Crippen LogP contribution in [0.25, 0.3) is 0 Å². The van der Waals surface area contributed by atoms with E-state index < -0.39 is 15.7 Å². The molecule has 8 nitrogen and oxygen atoms in total. The van der Waals surface area contributed by atoms with E-state index in [2.05, 4.69) is 14.9 Å². The predicted molar refractivity (Wildman–Crippen MR) is 117 cm³/mol. The largest absolute Gasteiger partial charge is 0.480 e. The Kier molecular flexibility index (Phi) is 6.32. The molecule has 2 fully saturated rings. The van der Waals surface area contributed by atoms with E-state index in [0.717, 1.165) is 44.1 Å². The third-order valence-corrected chi connectivity index (χ3v) is 7.43. The predicted octanol–water partition coefficient (Wildman–Crippen LogP) is 2.09. The first-order chi connectivity index (χ1) is 15.3. The second kappa shape index (κ2) is 9.01. The summed E-state index contributed by atoms with van der Waals surface area (Å²) in [7, 11) is -1.92. The van der Waals surface area contributed by atoms with Crippen LogP contribution in [0, 0.1) is 11.7 Å². The number of sulfone groups is 1. The molecule has 0 radical (unpaired) electrons. The first kappa shape index (κ1) is 22.4. The monoisotopic (exact) mass is 462 g/mol. The molecule has 1 aromatic carbocycles. The van der Waals surface area contributed by atoms with Crippen LogP contribution in [0.4, 0.5) is 10.2 Å². The van der Waals surface area contributed by atoms with Crippen molar-refractivity contribution in [2.45, 2.75) is 36.6 Å². The molecule has 1 amide bonds. The first-order valence-electron chi connectivity index (χ1n) is 10.7. The average Bonchev–Trinajstić information content (AvgIpc) is 3.14. The van der Waals surface area contributed by atoms with Gasteiger partial charge in [-0.1, -0.05) is 6.07 Å². The summed E-state index contributed by atoms with van der Waals surface area (Å²) in [6.07, 6.45) is 6.97. The second-order valence-corrected chi connectivity index (χ2v) is 10.4. The number of aromatic nitrogens is 2. The summed E-state index contributed by atoms with van der Waals surface area (Å²) in [4.78, 5) is 25.6. The molecule has 2 saturated heterocycles. The molecule has 10 heteroatoms. The third-order valence-electron chi connectivity index (χ3n) is 6.32. The lowest BCUT2D eigenvalue weighted by molar-refractivity contribution is -0.133. The molecule has 2 aliphatic heterocycles. The highest BCUT2D eigenvalue weighted by molar-refractivity contribution is 7.90. The van der Waals surface area contributed by atoms with Crippen molar-refractivity contribution in [2.75, 3.05) is 37.9 Å². The number of benzene rings is 1. The number of ether oxygens (including phenoxy) is 1. The molecule has 3 heterocycles. The molecule has 32 heavy (non-hydrogen) atoms. The van der Waals surface area contributed by atoms with E-state index in [1.807, 2.05) is 4.90 Å². The number of amides is 1. The van der Waals surface area contributed by atoms with E-state index in [4.69, 9.17) is 4.74 Å². The SMILES string of the molecule is COc1cnc(N2CCC(N3CC[C@H](Cc4ccc(S(C)(=O)=O)cc4F)C3=O)CC2)cn1. The van der Waals surface area contributed by atoms with Crippen molar-refractivity contribution in [3.8, 4) is 5.88 Å². The molecule has 0 saturated carbocycles. The summed E-state index contributed by atoms with van der Waals surface area (Å²) in [5.74, 6) is 0.467. The molecule has 0 aliphatic carbocycles. The zero-order valence-corrected chi connectivity index (χ0v) is 19.0. The van der Waals surface area contributed by atoms with Crippen LogP contribution >= 0.6 is 0 Å². The molecule has 172 valence electrons. The lowest BCUT2D eigenvalue weighted by Gasteiger charge is -2.37. The minimum absolute atomic E-state index is 0.0496. The highest BCUT2D eigenvalue weighted by atomic mass is 32.2. The van der Waals surface area contributed by atoms with Crippen LogP contribution in [0.15, 0.2) is 35.5 Å². The Morgan fingerprint density at radius 2 is 1.88 bits per heavy atom. The fourth-order valence-electron chi connectivity index (χ4n) is 4.49. The number of likely N-dealkylation sites (tertiary alicyclic amines) is 1. The van der Waals surface area contributed by atoms with Gasteiger partial charge in [-0.25, -0.2) is 22.8 Å². The Labute approximate surface area is 187 Å². The highest BCUT2D eigenvalue weighted by Gasteiger charge is 2.37. The number of halogens is 1. The molecule has 0 N–H and O–H groups in total. The first-order valence-corrected chi connectivity index (χ1v) is 12.6. The number of carbonyl (C=O) groups excluding carboxylic acids is 1. The summed E-state index contributed by atoms with van der Waals surface area (Å²) in [6, 6.07) is 4.09. The van der Waals surface area contributed by atoms with Crippen LogP contribution in [0.1, 0.15) is 24.8 Å². The zero-order valence-electron chi connectivity index (χ0n) is 18.2. The summed E-state index contributed by atoms with van der Waals surface area (Å²) >= 11 is 0. The van der Waals surface area contributed by atoms with Crippen molar-refractivity contribution in [2.24, 2.45) is 5.92 Å². The summed E-state index contributed by atoms with van der Waals surface area (Å²) in [5.41, 5.74) is 0.380. The normalized spacial score (nSPS) is 20.1. The van der Waals surface area contributed by atoms with E-state index in [9.17, 15) is 17.6 Å². The van der Waals surface area contributed by atoms with Crippen LogP contribution in [0.5, 0.6) is 5.88 Å². The summed E-state index contributed by atoms with van der Waals surface area (Å²) in [6.45, 7) is 2.23. The quantitative estimate of drug-likeness (QED) is 0.649. The molecule has 4 rings (SSSR count). The van der Waals surface area contributed by atoms with Gasteiger partial charge in [0.25, 0.3) is 0 Å². The molecule has 1 atom stereocenters. The number of methoxy groups -OCH3 is 1. The van der Waals surface area contributed by atoms with Gasteiger partial charge in [-0.3, -0.25) is 4.79 Å². The van der Waals surface area contributed by atoms with Gasteiger partial charge in [0.1, 0.15) is 11.6 Å². The number of nitrogens with zero attached hydrogens (tertiary/aromatic N) is 4. The van der Waals surface area contributed by atoms with E-state index in [-0.39, 0.29) is 29.2 Å². The lowest BCUT2D eigenvalue weighted by Crippen LogP contribution is -2.46. The number of hydrogen-bond acceptors (Lipinski definition) is 7. The summed E-state index contributed by atoms with van der Waals surface area (Å²) in [5, 5.41) is 0. The fraction of sp³-hybridized carbons (Fsp3) is 0.500. The number of piperidine rings is 1. The minimum Gasteiger partial charge on any atom is -0.480 e. The average molecular weight is 463 g/mol. The molecule has 0 spiro atoms. The van der Waals surface area contributed by atoms with Gasteiger partial charge in [0.05, 0.1) is 24.4 Å². The minimum atomic E-state index is -3.47. The molecule has 0 bridgehead atoms. The molecule has 2 aliphatic rings. The second-order valence-electron chi connectivity index (χ2n) is 8.38. The number of hydrogen-bond donors (Lipinski definition) is 0. The standard InChI is InChI=1S/C22H27FN4O4S/c1-31-21-14-24-20(13-25-21)26-8-6-17(7-9-26)27-10-5-16(22(27)28)11-15-3-4-18(12-19(15)23)32(2,29)30/h3-4,12-14,16-17H,5-11H2,1-2H3/t16-/m1/s1. The van der Waals surface area contributed by atoms with Gasteiger partial charge in [0.2, 0.25) is 11.8 Å². The zero-order chi connectivity index (χ0) is 22.9. The van der Waals surface area contributed by atoms with Crippen LogP contribution in [0.3, 0.4) is 0 Å². The van der Waals surface area contributed by atoms with Crippen LogP contribution in [-0.4, -0.2) is 68.2 Å². The third kappa shape index (κ3) is 4.69. The van der Waals surface area contributed by atoms with E-state index in [0.29, 0.717) is 24.4 Å². The van der Waals surface area contributed by atoms with Crippen LogP contribution in [0.2, 0.25) is 0 Å². The fourth-order valence-corrected chi connectivity index (χ4v) is 5.12. The molecule has 2 aromatic rings. The smallest absolute Gasteiger partial charge is 0.232 e. The van der Waals surface area contributed by atoms with E-state index in [1.165, 1.54) is 12.1 Å². The molecule has 0 unspecified atom stereocenters. The Hall–Kier alpha value is -2.75. The van der Waals surface area contributed by atoms with Gasteiger partial charge >= 0.3 is 0 Å². The number of anilines is 1. The van der Waals surface area contributed by atoms with Crippen molar-refractivity contribution in [3.63, 3.8) is 0 Å². The maximum absolute atomic E-state index is 14.5. The molecule has 1 aromatic heterocycles. The van der Waals surface area contributed by atoms with Gasteiger partial charge in [-0.05, 0) is 43.4 Å². The van der Waals surface area contributed by atoms with Gasteiger partial charge in [-0.15, -0.1) is 0 Å². The van der Waals surface area contributed by atoms with E-state index in [1.54, 1.807) is 19.5 Å². The topological polar surface area (TPSA) is 92.7 Å². The van der Waals surface area contributed by atoms with Crippen molar-refractivity contribution >= 4 is 21.6 Å². The maximum Gasteiger partial charge on any atom is 0.232 e. The van der Waals surface area contributed by atoms with Gasteiger partial charge in [0.15, 0.2) is 9.84 Å². The lowest BCUT2D eigenvalue weighted by atomic mass is 9.97. The Morgan fingerprint density at radius 1 is 1.12 bits per heavy atom. The van der Waals surface area contributed by atoms with Crippen LogP contribution in [-0.2, 0) is 21.1 Å². The van der Waals surface area contributed by atoms with Gasteiger partial charge < -0.3 is 14.5 Å². The van der Waals surface area contributed by atoms with E-state index >= 15 is 0 Å². The van der Waals surface area contributed by atoms with Gasteiger partial charge in [0, 0.05) is 37.8 Å². The number of rotatable bonds is 6. The van der Waals surface area contributed by atoms with Gasteiger partial charge in [-0.2, -0.15) is 0 Å². The Morgan fingerprint density at radius 3 is 2.47 bits per heavy atom. The van der Waals surface area contributed by atoms with Crippen molar-refractivity contribution < 1.29 is 22.3 Å². The van der Waals surface area contributed by atoms with Crippen LogP contribution < -0.4 is 9.64 Å². The maximum atomic E-state index is 14.5. The van der Waals surface area contributed by atoms with Crippen molar-refractivity contribution in [1.29, 1.82) is 0 Å². The Balaban J connectivity index is 1.35. The molecular weight excluding hydrogens is 435 g/mol. The van der Waals surface area contributed by atoms with Crippen molar-refractivity contribution in [1.82, 2.24) is 14.9 Å². The summed E-state index contributed by atoms with van der Waals surface area (Å²) < 4.78 is 42.7.